The molecule has 0 unspecified atom stereocenters. The van der Waals surface area contributed by atoms with Crippen LogP contribution in [-0.4, -0.2) is 52.5 Å². The molecular weight excluding hydrogens is 372 g/mol. The van der Waals surface area contributed by atoms with Crippen molar-refractivity contribution in [1.82, 2.24) is 19.8 Å². The normalized spacial score (nSPS) is 23.3. The highest BCUT2D eigenvalue weighted by Crippen LogP contribution is 2.52. The number of likely N-dealkylation sites (tertiary alicyclic amines) is 1. The fourth-order valence-electron chi connectivity index (χ4n) is 5.29. The molecule has 0 N–H and O–H groups in total. The number of benzene rings is 1. The van der Waals surface area contributed by atoms with Gasteiger partial charge in [-0.2, -0.15) is 0 Å². The molecule has 2 amide bonds. The molecule has 1 aliphatic carbocycles. The van der Waals surface area contributed by atoms with Crippen LogP contribution in [0.1, 0.15) is 69.7 Å². The summed E-state index contributed by atoms with van der Waals surface area (Å²) in [4.78, 5) is 26.2. The van der Waals surface area contributed by atoms with Crippen molar-refractivity contribution in [3.8, 4) is 0 Å². The zero-order valence-electron chi connectivity index (χ0n) is 19.3. The fraction of sp³-hybridized carbons (Fsp3) is 0.640. The molecule has 30 heavy (non-hydrogen) atoms. The first-order chi connectivity index (χ1) is 14.2. The van der Waals surface area contributed by atoms with Crippen molar-refractivity contribution < 1.29 is 4.79 Å². The third-order valence-corrected chi connectivity index (χ3v) is 7.90. The van der Waals surface area contributed by atoms with Gasteiger partial charge in [0.2, 0.25) is 0 Å². The molecule has 0 bridgehead atoms. The molecule has 1 saturated heterocycles. The summed E-state index contributed by atoms with van der Waals surface area (Å²) in [7, 11) is 1.96. The summed E-state index contributed by atoms with van der Waals surface area (Å²) in [6, 6.07) is 4.71. The van der Waals surface area contributed by atoms with Gasteiger partial charge in [0.1, 0.15) is 0 Å². The molecule has 1 fully saturated rings. The third kappa shape index (κ3) is 3.67. The van der Waals surface area contributed by atoms with E-state index in [9.17, 15) is 4.79 Å². The van der Waals surface area contributed by atoms with Gasteiger partial charge >= 0.3 is 6.03 Å². The van der Waals surface area contributed by atoms with Gasteiger partial charge in [0.05, 0.1) is 16.7 Å². The van der Waals surface area contributed by atoms with Gasteiger partial charge in [-0.25, -0.2) is 9.78 Å². The number of aromatic nitrogens is 2. The second kappa shape index (κ2) is 7.82. The highest BCUT2D eigenvalue weighted by Gasteiger charge is 2.46. The van der Waals surface area contributed by atoms with Gasteiger partial charge in [0, 0.05) is 32.9 Å². The van der Waals surface area contributed by atoms with Crippen molar-refractivity contribution in [2.45, 2.75) is 71.6 Å². The predicted octanol–water partition coefficient (Wildman–Crippen LogP) is 5.10. The second-order valence-corrected chi connectivity index (χ2v) is 10.2. The monoisotopic (exact) mass is 408 g/mol. The Bertz CT molecular complexity index is 948. The fourth-order valence-corrected chi connectivity index (χ4v) is 5.29. The minimum atomic E-state index is -0.0161. The van der Waals surface area contributed by atoms with Gasteiger partial charge in [-0.1, -0.05) is 20.8 Å². The molecule has 5 nitrogen and oxygen atoms in total. The van der Waals surface area contributed by atoms with E-state index in [1.165, 1.54) is 17.5 Å². The Morgan fingerprint density at radius 1 is 1.13 bits per heavy atom. The molecular formula is C25H36N4O. The molecule has 5 heteroatoms. The van der Waals surface area contributed by atoms with Crippen LogP contribution in [0.4, 0.5) is 4.79 Å². The molecule has 0 radical (unpaired) electrons. The number of urea groups is 1. The average molecular weight is 409 g/mol. The lowest BCUT2D eigenvalue weighted by Gasteiger charge is -2.50. The van der Waals surface area contributed by atoms with E-state index >= 15 is 0 Å². The maximum absolute atomic E-state index is 12.9. The van der Waals surface area contributed by atoms with Gasteiger partial charge in [0.15, 0.2) is 0 Å². The molecule has 0 spiro atoms. The Morgan fingerprint density at radius 2 is 1.87 bits per heavy atom. The minimum absolute atomic E-state index is 0.0161. The Labute approximate surface area is 180 Å². The summed E-state index contributed by atoms with van der Waals surface area (Å²) >= 11 is 0. The van der Waals surface area contributed by atoms with Gasteiger partial charge in [-0.3, -0.25) is 4.98 Å². The second-order valence-electron chi connectivity index (χ2n) is 10.2. The lowest BCUT2D eigenvalue weighted by atomic mass is 9.55. The minimum Gasteiger partial charge on any atom is -0.328 e. The lowest BCUT2D eigenvalue weighted by molar-refractivity contribution is 0.114. The highest BCUT2D eigenvalue weighted by atomic mass is 16.2. The molecule has 1 aromatic carbocycles. The van der Waals surface area contributed by atoms with Crippen LogP contribution in [0.15, 0.2) is 18.3 Å². The van der Waals surface area contributed by atoms with E-state index in [4.69, 9.17) is 4.98 Å². The molecule has 2 heterocycles. The first-order valence-corrected chi connectivity index (χ1v) is 11.5. The van der Waals surface area contributed by atoms with Crippen LogP contribution >= 0.6 is 0 Å². The van der Waals surface area contributed by atoms with E-state index in [0.717, 1.165) is 68.5 Å². The maximum atomic E-state index is 12.9. The molecule has 1 aromatic heterocycles. The highest BCUT2D eigenvalue weighted by molar-refractivity contribution is 5.77. The first kappa shape index (κ1) is 21.1. The summed E-state index contributed by atoms with van der Waals surface area (Å²) in [6.45, 7) is 11.7. The number of carbonyl (C=O) groups is 1. The number of hydrogen-bond acceptors (Lipinski definition) is 3. The number of nitrogens with zero attached hydrogens (tertiary/aromatic N) is 4. The summed E-state index contributed by atoms with van der Waals surface area (Å²) in [5, 5.41) is 0. The van der Waals surface area contributed by atoms with Gasteiger partial charge < -0.3 is 9.80 Å². The van der Waals surface area contributed by atoms with Gasteiger partial charge in [-0.15, -0.1) is 0 Å². The summed E-state index contributed by atoms with van der Waals surface area (Å²) in [6.07, 6.45) is 8.53. The van der Waals surface area contributed by atoms with Crippen molar-refractivity contribution in [1.29, 1.82) is 0 Å². The standard InChI is InChI=1S/C25H36N4O/c1-18-17-26-21-16-20-19(15-22(21)27-18)9-10-24(2,3)25(20,4)11-14-28(5)23(30)29-12-7-6-8-13-29/h15-17H,6-14H2,1-5H3/t25-/m0/s1. The smallest absolute Gasteiger partial charge is 0.319 e. The van der Waals surface area contributed by atoms with E-state index in [1.54, 1.807) is 0 Å². The van der Waals surface area contributed by atoms with Crippen molar-refractivity contribution in [3.63, 3.8) is 0 Å². The van der Waals surface area contributed by atoms with Crippen LogP contribution in [0.25, 0.3) is 11.0 Å². The molecule has 2 aromatic rings. The zero-order chi connectivity index (χ0) is 21.5. The summed E-state index contributed by atoms with van der Waals surface area (Å²) < 4.78 is 0. The largest absolute Gasteiger partial charge is 0.328 e. The van der Waals surface area contributed by atoms with E-state index in [2.05, 4.69) is 37.9 Å². The number of piperidine rings is 1. The average Bonchev–Trinajstić information content (AvgIpc) is 2.74. The Kier molecular flexibility index (Phi) is 5.50. The molecule has 1 aliphatic heterocycles. The number of rotatable bonds is 3. The lowest BCUT2D eigenvalue weighted by Crippen LogP contribution is -2.48. The van der Waals surface area contributed by atoms with Crippen molar-refractivity contribution >= 4 is 17.1 Å². The van der Waals surface area contributed by atoms with Crippen molar-refractivity contribution in [2.24, 2.45) is 5.41 Å². The van der Waals surface area contributed by atoms with E-state index < -0.39 is 0 Å². The molecule has 2 aliphatic rings. The maximum Gasteiger partial charge on any atom is 0.319 e. The zero-order valence-corrected chi connectivity index (χ0v) is 19.3. The predicted molar refractivity (Wildman–Crippen MR) is 122 cm³/mol. The van der Waals surface area contributed by atoms with Crippen LogP contribution < -0.4 is 0 Å². The van der Waals surface area contributed by atoms with Gasteiger partial charge in [-0.05, 0) is 79.5 Å². The first-order valence-electron chi connectivity index (χ1n) is 11.5. The Hall–Kier alpha value is -2.17. The number of hydrogen-bond donors (Lipinski definition) is 0. The summed E-state index contributed by atoms with van der Waals surface area (Å²) in [5.41, 5.74) is 5.85. The number of amides is 2. The van der Waals surface area contributed by atoms with Crippen LogP contribution in [0.2, 0.25) is 0 Å². The van der Waals surface area contributed by atoms with Crippen molar-refractivity contribution in [3.05, 3.63) is 35.2 Å². The van der Waals surface area contributed by atoms with Crippen molar-refractivity contribution in [2.75, 3.05) is 26.7 Å². The van der Waals surface area contributed by atoms with E-state index in [0.29, 0.717) is 0 Å². The number of aryl methyl sites for hydroxylation is 2. The van der Waals surface area contributed by atoms with Crippen LogP contribution in [0.5, 0.6) is 0 Å². The summed E-state index contributed by atoms with van der Waals surface area (Å²) in [5.74, 6) is 0. The van der Waals surface area contributed by atoms with Crippen LogP contribution in [0.3, 0.4) is 0 Å². The molecule has 1 atom stereocenters. The quantitative estimate of drug-likeness (QED) is 0.710. The SMILES string of the molecule is Cc1cnc2cc3c(cc2n1)CCC(C)(C)[C@@]3(C)CCN(C)C(=O)N1CCCCC1. The van der Waals surface area contributed by atoms with E-state index in [1.807, 2.05) is 30.0 Å². The molecule has 4 rings (SSSR count). The number of fused-ring (bicyclic) bond motifs is 2. The number of carbonyl (C=O) groups excluding carboxylic acids is 1. The molecule has 0 saturated carbocycles. The topological polar surface area (TPSA) is 49.3 Å². The molecule has 162 valence electrons. The van der Waals surface area contributed by atoms with E-state index in [-0.39, 0.29) is 16.9 Å². The van der Waals surface area contributed by atoms with Crippen LogP contribution in [0, 0.1) is 12.3 Å². The third-order valence-electron chi connectivity index (χ3n) is 7.90. The Morgan fingerprint density at radius 3 is 2.60 bits per heavy atom. The van der Waals surface area contributed by atoms with Crippen LogP contribution in [-0.2, 0) is 11.8 Å². The Balaban J connectivity index is 1.61. The van der Waals surface area contributed by atoms with Gasteiger partial charge in [0.25, 0.3) is 0 Å².